The molecule has 2 aliphatic rings. The third-order valence-electron chi connectivity index (χ3n) is 8.35. The van der Waals surface area contributed by atoms with Gasteiger partial charge in [-0.2, -0.15) is 0 Å². The summed E-state index contributed by atoms with van der Waals surface area (Å²) < 4.78 is 43.6. The average molecular weight is 676 g/mol. The topological polar surface area (TPSA) is 165 Å². The maximum atomic E-state index is 14.3. The van der Waals surface area contributed by atoms with Crippen LogP contribution in [0.4, 0.5) is 13.6 Å². The smallest absolute Gasteiger partial charge is 0.408 e. The van der Waals surface area contributed by atoms with Crippen molar-refractivity contribution < 1.29 is 47.0 Å². The lowest BCUT2D eigenvalue weighted by Gasteiger charge is -2.36. The van der Waals surface area contributed by atoms with E-state index in [0.29, 0.717) is 11.1 Å². The van der Waals surface area contributed by atoms with E-state index in [4.69, 9.17) is 14.2 Å². The highest BCUT2D eigenvalue weighted by molar-refractivity contribution is 6.01. The predicted octanol–water partition coefficient (Wildman–Crippen LogP) is 3.33. The molecule has 2 heterocycles. The van der Waals surface area contributed by atoms with E-state index in [-0.39, 0.29) is 31.7 Å². The second-order valence-electron chi connectivity index (χ2n) is 14.2. The first-order valence-corrected chi connectivity index (χ1v) is 15.6. The van der Waals surface area contributed by atoms with Crippen molar-refractivity contribution in [2.45, 2.75) is 96.6 Å². The first-order chi connectivity index (χ1) is 22.4. The van der Waals surface area contributed by atoms with Crippen LogP contribution in [-0.4, -0.2) is 89.5 Å². The predicted molar refractivity (Wildman–Crippen MR) is 169 cm³/mol. The molecule has 0 bridgehead atoms. The first kappa shape index (κ1) is 36.3. The highest BCUT2D eigenvalue weighted by Gasteiger charge is 2.62. The Morgan fingerprint density at radius 2 is 1.83 bits per heavy atom. The summed E-state index contributed by atoms with van der Waals surface area (Å²) in [6.45, 7) is 10.1. The number of methoxy groups -OCH3 is 1. The number of hydrogen-bond acceptors (Lipinski definition) is 9. The fourth-order valence-corrected chi connectivity index (χ4v) is 5.92. The van der Waals surface area contributed by atoms with Gasteiger partial charge in [-0.15, -0.1) is 0 Å². The number of nitrogens with zero attached hydrogens (tertiary/aromatic N) is 2. The van der Waals surface area contributed by atoms with Gasteiger partial charge in [0.2, 0.25) is 30.5 Å². The van der Waals surface area contributed by atoms with Gasteiger partial charge in [0.15, 0.2) is 0 Å². The number of aromatic nitrogens is 1. The van der Waals surface area contributed by atoms with Gasteiger partial charge >= 0.3 is 6.09 Å². The average Bonchev–Trinajstić information content (AvgIpc) is 3.48. The molecular formula is C33H43F2N5O8. The molecule has 2 fully saturated rings. The number of fused-ring (bicyclic) bond motifs is 1. The molecule has 1 aromatic heterocycles. The van der Waals surface area contributed by atoms with Crippen LogP contribution >= 0.6 is 0 Å². The molecule has 262 valence electrons. The van der Waals surface area contributed by atoms with Crippen LogP contribution in [0.25, 0.3) is 10.8 Å². The van der Waals surface area contributed by atoms with E-state index in [9.17, 15) is 32.8 Å². The molecule has 1 aromatic carbocycles. The van der Waals surface area contributed by atoms with E-state index in [1.807, 2.05) is 5.32 Å². The maximum Gasteiger partial charge on any atom is 0.408 e. The van der Waals surface area contributed by atoms with Crippen LogP contribution in [0.2, 0.25) is 0 Å². The number of carbonyl (C=O) groups is 5. The quantitative estimate of drug-likeness (QED) is 0.303. The lowest BCUT2D eigenvalue weighted by Crippen LogP contribution is -2.60. The number of likely N-dealkylation sites (tertiary alicyclic amines) is 1. The van der Waals surface area contributed by atoms with Crippen LogP contribution in [0.5, 0.6) is 11.6 Å². The van der Waals surface area contributed by atoms with E-state index in [1.54, 1.807) is 79.1 Å². The van der Waals surface area contributed by atoms with Gasteiger partial charge in [0.25, 0.3) is 5.91 Å². The number of benzene rings is 1. The zero-order chi connectivity index (χ0) is 35.6. The summed E-state index contributed by atoms with van der Waals surface area (Å²) in [4.78, 5) is 70.6. The molecule has 13 nitrogen and oxygen atoms in total. The zero-order valence-electron chi connectivity index (χ0n) is 28.1. The number of alkyl carbamates (subject to hydrolysis) is 1. The van der Waals surface area contributed by atoms with Gasteiger partial charge < -0.3 is 29.7 Å². The van der Waals surface area contributed by atoms with E-state index in [1.165, 1.54) is 4.90 Å². The zero-order valence-corrected chi connectivity index (χ0v) is 28.1. The number of alkyl halides is 2. The minimum absolute atomic E-state index is 0.0556. The molecule has 2 aromatic rings. The molecule has 4 rings (SSSR count). The molecule has 0 spiro atoms. The van der Waals surface area contributed by atoms with Crippen LogP contribution in [0.1, 0.15) is 60.8 Å². The van der Waals surface area contributed by atoms with E-state index < -0.39 is 77.3 Å². The summed E-state index contributed by atoms with van der Waals surface area (Å²) in [6, 6.07) is 4.68. The van der Waals surface area contributed by atoms with Crippen molar-refractivity contribution in [1.29, 1.82) is 0 Å². The third kappa shape index (κ3) is 8.29. The summed E-state index contributed by atoms with van der Waals surface area (Å²) in [5, 5.41) is 8.60. The van der Waals surface area contributed by atoms with Crippen molar-refractivity contribution in [3.63, 3.8) is 0 Å². The SMILES string of the molecule is COc1ccc2c(O[C@@H]3C[C@@H](C(=O)N[C@]4(C(=O)NC=O)C[C@H]4CC(F)F)N(C(=O)[C@@H](NC(=O)OC(C)(C)C)C(C)(C)C)C3)nccc2c1. The van der Waals surface area contributed by atoms with Crippen LogP contribution in [0, 0.1) is 11.3 Å². The van der Waals surface area contributed by atoms with Gasteiger partial charge in [0, 0.05) is 24.4 Å². The molecule has 48 heavy (non-hydrogen) atoms. The Morgan fingerprint density at radius 3 is 2.44 bits per heavy atom. The standard InChI is InChI=1S/C33H43F2N5O8/c1-31(2,3)25(38-30(45)48-32(4,5)6)28(43)40-16-21(47-27-22-9-8-20(46-7)12-18(22)10-11-36-27)14-23(40)26(42)39-33(29(44)37-17-41)15-19(33)13-24(34)35/h8-12,17,19,21,23-25H,13-16H2,1-7H3,(H,38,45)(H,39,42)(H,37,41,44)/t19-,21-,23+,25-,33-/m1/s1. The largest absolute Gasteiger partial charge is 0.497 e. The lowest BCUT2D eigenvalue weighted by atomic mass is 9.85. The molecule has 0 unspecified atom stereocenters. The summed E-state index contributed by atoms with van der Waals surface area (Å²) in [5.74, 6) is -2.40. The molecule has 1 aliphatic heterocycles. The van der Waals surface area contributed by atoms with Gasteiger partial charge in [-0.05, 0) is 68.2 Å². The molecule has 5 amide bonds. The van der Waals surface area contributed by atoms with Crippen LogP contribution < -0.4 is 25.4 Å². The highest BCUT2D eigenvalue weighted by atomic mass is 19.3. The third-order valence-corrected chi connectivity index (χ3v) is 8.35. The van der Waals surface area contributed by atoms with Crippen molar-refractivity contribution in [1.82, 2.24) is 25.8 Å². The number of carbonyl (C=O) groups excluding carboxylic acids is 5. The van der Waals surface area contributed by atoms with E-state index in [0.717, 1.165) is 5.39 Å². The number of nitrogens with one attached hydrogen (secondary N) is 3. The summed E-state index contributed by atoms with van der Waals surface area (Å²) >= 11 is 0. The number of halogens is 2. The summed E-state index contributed by atoms with van der Waals surface area (Å²) in [7, 11) is 1.54. The second-order valence-corrected chi connectivity index (χ2v) is 14.2. The Morgan fingerprint density at radius 1 is 1.12 bits per heavy atom. The van der Waals surface area contributed by atoms with Gasteiger partial charge in [-0.3, -0.25) is 24.5 Å². The van der Waals surface area contributed by atoms with Gasteiger partial charge in [-0.1, -0.05) is 20.8 Å². The molecule has 3 N–H and O–H groups in total. The lowest BCUT2D eigenvalue weighted by molar-refractivity contribution is -0.143. The van der Waals surface area contributed by atoms with Crippen molar-refractivity contribution in [3.05, 3.63) is 30.5 Å². The fraction of sp³-hybridized carbons (Fsp3) is 0.576. The molecule has 5 atom stereocenters. The second kappa shape index (κ2) is 13.9. The fourth-order valence-electron chi connectivity index (χ4n) is 5.92. The van der Waals surface area contributed by atoms with Gasteiger partial charge in [0.05, 0.1) is 13.7 Å². The number of hydrogen-bond donors (Lipinski definition) is 3. The first-order valence-electron chi connectivity index (χ1n) is 15.6. The summed E-state index contributed by atoms with van der Waals surface area (Å²) in [6.07, 6.45) is -3.54. The van der Waals surface area contributed by atoms with Crippen molar-refractivity contribution in [2.24, 2.45) is 11.3 Å². The highest BCUT2D eigenvalue weighted by Crippen LogP contribution is 2.47. The molecule has 1 saturated carbocycles. The molecule has 1 saturated heterocycles. The monoisotopic (exact) mass is 675 g/mol. The van der Waals surface area contributed by atoms with Crippen molar-refractivity contribution >= 4 is 41.0 Å². The number of rotatable bonds is 11. The van der Waals surface area contributed by atoms with Crippen molar-refractivity contribution in [3.8, 4) is 11.6 Å². The van der Waals surface area contributed by atoms with Gasteiger partial charge in [-0.25, -0.2) is 18.6 Å². The Bertz CT molecular complexity index is 1560. The van der Waals surface area contributed by atoms with Crippen LogP contribution in [0.15, 0.2) is 30.5 Å². The minimum Gasteiger partial charge on any atom is -0.497 e. The molecule has 15 heteroatoms. The molecule has 1 aliphatic carbocycles. The summed E-state index contributed by atoms with van der Waals surface area (Å²) in [5.41, 5.74) is -3.46. The Balaban J connectivity index is 1.66. The van der Waals surface area contributed by atoms with Crippen LogP contribution in [0.3, 0.4) is 0 Å². The van der Waals surface area contributed by atoms with E-state index in [2.05, 4.69) is 15.6 Å². The molecular weight excluding hydrogens is 632 g/mol. The van der Waals surface area contributed by atoms with Crippen LogP contribution in [-0.2, 0) is 23.9 Å². The number of imide groups is 1. The number of pyridine rings is 1. The number of amides is 5. The Labute approximate surface area is 277 Å². The normalized spacial score (nSPS) is 22.9. The Kier molecular flexibility index (Phi) is 10.5. The maximum absolute atomic E-state index is 14.3. The number of ether oxygens (including phenoxy) is 3. The Hall–Kier alpha value is -4.56. The van der Waals surface area contributed by atoms with E-state index >= 15 is 0 Å². The minimum atomic E-state index is -2.75. The van der Waals surface area contributed by atoms with Gasteiger partial charge in [0.1, 0.15) is 35.1 Å². The molecule has 0 radical (unpaired) electrons. The van der Waals surface area contributed by atoms with Crippen molar-refractivity contribution in [2.75, 3.05) is 13.7 Å².